The minimum atomic E-state index is -4.64. The van der Waals surface area contributed by atoms with Crippen LogP contribution in [0.1, 0.15) is 23.2 Å². The Bertz CT molecular complexity index is 1550. The fourth-order valence-corrected chi connectivity index (χ4v) is 6.32. The van der Waals surface area contributed by atoms with Gasteiger partial charge in [-0.3, -0.25) is 4.79 Å². The largest absolute Gasteiger partial charge is 0.416 e. The van der Waals surface area contributed by atoms with E-state index in [1.807, 2.05) is 6.07 Å². The van der Waals surface area contributed by atoms with Gasteiger partial charge in [0.05, 0.1) is 34.7 Å². The van der Waals surface area contributed by atoms with E-state index in [1.165, 1.54) is 27.6 Å². The normalized spacial score (nSPS) is 20.5. The Labute approximate surface area is 220 Å². The van der Waals surface area contributed by atoms with Crippen molar-refractivity contribution in [3.63, 3.8) is 0 Å². The molecule has 1 amide bonds. The van der Waals surface area contributed by atoms with Crippen molar-refractivity contribution >= 4 is 21.6 Å². The van der Waals surface area contributed by atoms with Crippen LogP contribution in [0.25, 0.3) is 11.1 Å². The molecule has 2 aliphatic heterocycles. The molecule has 2 saturated heterocycles. The maximum Gasteiger partial charge on any atom is 0.416 e. The molecule has 0 aliphatic carbocycles. The second-order valence-electron chi connectivity index (χ2n) is 9.11. The third-order valence-electron chi connectivity index (χ3n) is 6.69. The fraction of sp³-hybridized carbons (Fsp3) is 0.320. The number of carbonyl (C=O) groups excluding carboxylic acids is 1. The number of piperidine rings is 1. The summed E-state index contributed by atoms with van der Waals surface area (Å²) in [6, 6.07) is 8.75. The summed E-state index contributed by atoms with van der Waals surface area (Å²) in [6.45, 7) is -0.483. The number of hydrogen-bond donors (Lipinski definition) is 0. The van der Waals surface area contributed by atoms with Crippen LogP contribution in [0.15, 0.2) is 53.3 Å². The second kappa shape index (κ2) is 10.1. The number of rotatable bonds is 5. The lowest BCUT2D eigenvalue weighted by molar-refractivity contribution is -0.137. The average molecular weight is 565 g/mol. The lowest BCUT2D eigenvalue weighted by atomic mass is 9.95. The SMILES string of the molecule is N#Cc1cc(-c2cccc(C(F)(F)F)c2)c(F)cc1N1C(=O)CO[C@@H]2CN(S(=O)(=O)Cc3ccon3)CC[C@H]21. The number of nitriles is 1. The summed E-state index contributed by atoms with van der Waals surface area (Å²) in [5, 5.41) is 13.5. The highest BCUT2D eigenvalue weighted by Gasteiger charge is 2.44. The van der Waals surface area contributed by atoms with Crippen LogP contribution in [0.3, 0.4) is 0 Å². The second-order valence-corrected chi connectivity index (χ2v) is 11.1. The third kappa shape index (κ3) is 5.25. The number of anilines is 1. The van der Waals surface area contributed by atoms with Crippen molar-refractivity contribution in [2.75, 3.05) is 24.6 Å². The van der Waals surface area contributed by atoms with E-state index in [-0.39, 0.29) is 53.3 Å². The molecule has 1 aromatic heterocycles. The predicted molar refractivity (Wildman–Crippen MR) is 128 cm³/mol. The molecule has 9 nitrogen and oxygen atoms in total. The molecule has 0 N–H and O–H groups in total. The highest BCUT2D eigenvalue weighted by molar-refractivity contribution is 7.88. The van der Waals surface area contributed by atoms with Gasteiger partial charge < -0.3 is 14.2 Å². The molecule has 39 heavy (non-hydrogen) atoms. The lowest BCUT2D eigenvalue weighted by Crippen LogP contribution is -2.62. The number of nitrogens with zero attached hydrogens (tertiary/aromatic N) is 4. The molecule has 2 fully saturated rings. The predicted octanol–water partition coefficient (Wildman–Crippen LogP) is 3.71. The first-order chi connectivity index (χ1) is 18.5. The Hall–Kier alpha value is -3.80. The number of halogens is 4. The summed E-state index contributed by atoms with van der Waals surface area (Å²) in [6.07, 6.45) is -4.01. The van der Waals surface area contributed by atoms with Gasteiger partial charge in [0, 0.05) is 24.7 Å². The van der Waals surface area contributed by atoms with E-state index in [0.29, 0.717) is 0 Å². The quantitative estimate of drug-likeness (QED) is 0.434. The Morgan fingerprint density at radius 2 is 1.97 bits per heavy atom. The van der Waals surface area contributed by atoms with Crippen molar-refractivity contribution < 1.29 is 40.0 Å². The standard InChI is InChI=1S/C25H20F4N4O5S/c26-20-10-22(16(11-30)9-19(20)15-2-1-3-17(8-15)25(27,28)29)33-21-4-6-32(12-23(21)37-13-24(33)34)39(35,36)14-18-5-7-38-31-18/h1-3,5,7-10,21,23H,4,6,12-14H2/t21-,23-/m1/s1. The van der Waals surface area contributed by atoms with E-state index in [0.717, 1.165) is 30.3 Å². The molecule has 0 unspecified atom stereocenters. The van der Waals surface area contributed by atoms with Gasteiger partial charge in [-0.25, -0.2) is 12.8 Å². The monoisotopic (exact) mass is 564 g/mol. The maximum absolute atomic E-state index is 15.3. The number of carbonyl (C=O) groups is 1. The first-order valence-electron chi connectivity index (χ1n) is 11.7. The molecule has 0 spiro atoms. The molecule has 14 heteroatoms. The van der Waals surface area contributed by atoms with Gasteiger partial charge in [0.25, 0.3) is 5.91 Å². The molecular weight excluding hydrogens is 544 g/mol. The van der Waals surface area contributed by atoms with Crippen molar-refractivity contribution in [1.29, 1.82) is 5.26 Å². The van der Waals surface area contributed by atoms with Crippen molar-refractivity contribution in [3.8, 4) is 17.2 Å². The van der Waals surface area contributed by atoms with Gasteiger partial charge in [-0.1, -0.05) is 17.3 Å². The maximum atomic E-state index is 15.3. The first-order valence-corrected chi connectivity index (χ1v) is 13.3. The van der Waals surface area contributed by atoms with Crippen molar-refractivity contribution in [2.45, 2.75) is 30.5 Å². The fourth-order valence-electron chi connectivity index (χ4n) is 4.86. The molecule has 3 aromatic rings. The van der Waals surface area contributed by atoms with Gasteiger partial charge in [-0.2, -0.15) is 22.7 Å². The highest BCUT2D eigenvalue weighted by Crippen LogP contribution is 2.37. The van der Waals surface area contributed by atoms with Crippen LogP contribution in [0, 0.1) is 17.1 Å². The number of ether oxygens (including phenoxy) is 1. The summed E-state index contributed by atoms with van der Waals surface area (Å²) < 4.78 is 92.2. The van der Waals surface area contributed by atoms with E-state index >= 15 is 4.39 Å². The van der Waals surface area contributed by atoms with Gasteiger partial charge in [0.15, 0.2) is 0 Å². The Balaban J connectivity index is 1.44. The van der Waals surface area contributed by atoms with Gasteiger partial charge in [-0.05, 0) is 36.2 Å². The number of hydrogen-bond acceptors (Lipinski definition) is 7. The number of alkyl halides is 3. The Kier molecular flexibility index (Phi) is 6.91. The van der Waals surface area contributed by atoms with E-state index < -0.39 is 52.2 Å². The number of aromatic nitrogens is 1. The van der Waals surface area contributed by atoms with Crippen LogP contribution >= 0.6 is 0 Å². The van der Waals surface area contributed by atoms with Crippen LogP contribution in [0.4, 0.5) is 23.2 Å². The smallest absolute Gasteiger partial charge is 0.365 e. The van der Waals surface area contributed by atoms with Crippen molar-refractivity contribution in [3.05, 3.63) is 71.4 Å². The molecule has 2 atom stereocenters. The highest BCUT2D eigenvalue weighted by atomic mass is 32.2. The zero-order valence-electron chi connectivity index (χ0n) is 20.1. The summed E-state index contributed by atoms with van der Waals surface area (Å²) in [5.41, 5.74) is -1.24. The third-order valence-corrected chi connectivity index (χ3v) is 8.47. The molecule has 5 rings (SSSR count). The van der Waals surface area contributed by atoms with Crippen LogP contribution in [0.5, 0.6) is 0 Å². The van der Waals surface area contributed by atoms with Crippen LogP contribution in [0.2, 0.25) is 0 Å². The summed E-state index contributed by atoms with van der Waals surface area (Å²) in [7, 11) is -3.79. The van der Waals surface area contributed by atoms with Crippen molar-refractivity contribution in [1.82, 2.24) is 9.46 Å². The number of benzene rings is 2. The van der Waals surface area contributed by atoms with Gasteiger partial charge in [0.1, 0.15) is 30.5 Å². The molecule has 0 radical (unpaired) electrons. The molecule has 2 aliphatic rings. The van der Waals surface area contributed by atoms with Crippen LogP contribution in [-0.2, 0) is 31.5 Å². The molecule has 0 saturated carbocycles. The molecule has 204 valence electrons. The molecule has 3 heterocycles. The van der Waals surface area contributed by atoms with E-state index in [9.17, 15) is 31.6 Å². The number of sulfonamides is 1. The molecular formula is C25H20F4N4O5S. The van der Waals surface area contributed by atoms with E-state index in [1.54, 1.807) is 0 Å². The van der Waals surface area contributed by atoms with Crippen LogP contribution < -0.4 is 4.90 Å². The minimum absolute atomic E-state index is 0.0289. The topological polar surface area (TPSA) is 117 Å². The zero-order valence-corrected chi connectivity index (χ0v) is 20.9. The average Bonchev–Trinajstić information content (AvgIpc) is 3.40. The van der Waals surface area contributed by atoms with Crippen molar-refractivity contribution in [2.24, 2.45) is 0 Å². The van der Waals surface area contributed by atoms with E-state index in [2.05, 4.69) is 9.68 Å². The Morgan fingerprint density at radius 3 is 2.67 bits per heavy atom. The molecule has 2 aromatic carbocycles. The van der Waals surface area contributed by atoms with Gasteiger partial charge >= 0.3 is 6.18 Å². The number of amides is 1. The summed E-state index contributed by atoms with van der Waals surface area (Å²) in [5.74, 6) is -1.87. The number of fused-ring (bicyclic) bond motifs is 1. The van der Waals surface area contributed by atoms with E-state index in [4.69, 9.17) is 4.74 Å². The molecule has 0 bridgehead atoms. The number of morpholine rings is 1. The summed E-state index contributed by atoms with van der Waals surface area (Å²) in [4.78, 5) is 14.2. The van der Waals surface area contributed by atoms with Gasteiger partial charge in [-0.15, -0.1) is 0 Å². The summed E-state index contributed by atoms with van der Waals surface area (Å²) >= 11 is 0. The van der Waals surface area contributed by atoms with Gasteiger partial charge in [0.2, 0.25) is 10.0 Å². The van der Waals surface area contributed by atoms with Crippen LogP contribution in [-0.4, -0.2) is 55.6 Å². The lowest BCUT2D eigenvalue weighted by Gasteiger charge is -2.46. The zero-order chi connectivity index (χ0) is 27.9. The first kappa shape index (κ1) is 26.8. The Morgan fingerprint density at radius 1 is 1.18 bits per heavy atom. The minimum Gasteiger partial charge on any atom is -0.365 e.